The summed E-state index contributed by atoms with van der Waals surface area (Å²) in [5, 5.41) is 0. The normalized spacial score (nSPS) is 20.5. The molecule has 0 bridgehead atoms. The SMILES string of the molecule is CC1CN(C)c2cccc(C(F)(F)F)c2N1C. The molecule has 0 spiro atoms. The van der Waals surface area contributed by atoms with Gasteiger partial charge in [0.2, 0.25) is 0 Å². The van der Waals surface area contributed by atoms with Crippen LogP contribution in [0.15, 0.2) is 18.2 Å². The number of alkyl halides is 3. The minimum Gasteiger partial charge on any atom is -0.371 e. The van der Waals surface area contributed by atoms with Gasteiger partial charge in [-0.25, -0.2) is 0 Å². The third-order valence-electron chi connectivity index (χ3n) is 3.28. The summed E-state index contributed by atoms with van der Waals surface area (Å²) >= 11 is 0. The molecule has 1 heterocycles. The van der Waals surface area contributed by atoms with Crippen LogP contribution in [0.1, 0.15) is 12.5 Å². The Morgan fingerprint density at radius 2 is 1.88 bits per heavy atom. The molecule has 17 heavy (non-hydrogen) atoms. The van der Waals surface area contributed by atoms with Crippen LogP contribution in [-0.4, -0.2) is 26.7 Å². The summed E-state index contributed by atoms with van der Waals surface area (Å²) in [4.78, 5) is 3.58. The molecule has 1 aliphatic rings. The number of halogens is 3. The number of hydrogen-bond acceptors (Lipinski definition) is 2. The summed E-state index contributed by atoms with van der Waals surface area (Å²) in [5.41, 5.74) is 0.359. The Morgan fingerprint density at radius 1 is 1.24 bits per heavy atom. The number of anilines is 2. The molecule has 0 saturated carbocycles. The summed E-state index contributed by atoms with van der Waals surface area (Å²) in [5.74, 6) is 0. The zero-order chi connectivity index (χ0) is 12.8. The summed E-state index contributed by atoms with van der Waals surface area (Å²) in [7, 11) is 3.54. The molecule has 2 nitrogen and oxygen atoms in total. The van der Waals surface area contributed by atoms with Gasteiger partial charge in [-0.2, -0.15) is 13.2 Å². The van der Waals surface area contributed by atoms with Gasteiger partial charge in [-0.1, -0.05) is 6.07 Å². The van der Waals surface area contributed by atoms with Crippen LogP contribution >= 0.6 is 0 Å². The summed E-state index contributed by atoms with van der Waals surface area (Å²) in [6.45, 7) is 2.65. The van der Waals surface area contributed by atoms with Crippen LogP contribution in [0.25, 0.3) is 0 Å². The van der Waals surface area contributed by atoms with E-state index in [4.69, 9.17) is 0 Å². The highest BCUT2D eigenvalue weighted by atomic mass is 19.4. The lowest BCUT2D eigenvalue weighted by molar-refractivity contribution is -0.137. The molecular weight excluding hydrogens is 229 g/mol. The van der Waals surface area contributed by atoms with Crippen molar-refractivity contribution in [1.29, 1.82) is 0 Å². The van der Waals surface area contributed by atoms with E-state index in [0.717, 1.165) is 12.6 Å². The minimum atomic E-state index is -4.31. The number of hydrogen-bond donors (Lipinski definition) is 0. The van der Waals surface area contributed by atoms with E-state index in [1.54, 1.807) is 18.0 Å². The smallest absolute Gasteiger partial charge is 0.371 e. The standard InChI is InChI=1S/C12H15F3N2/c1-8-7-16(2)10-6-4-5-9(12(13,14)15)11(10)17(8)3/h4-6,8H,7H2,1-3H3. The Balaban J connectivity index is 2.63. The second-order valence-electron chi connectivity index (χ2n) is 4.51. The molecule has 0 amide bonds. The van der Waals surface area contributed by atoms with E-state index in [9.17, 15) is 13.2 Å². The predicted molar refractivity (Wildman–Crippen MR) is 62.6 cm³/mol. The van der Waals surface area contributed by atoms with Crippen LogP contribution in [0, 0.1) is 0 Å². The Bertz CT molecular complexity index is 428. The van der Waals surface area contributed by atoms with Crippen molar-refractivity contribution in [3.63, 3.8) is 0 Å². The monoisotopic (exact) mass is 244 g/mol. The Kier molecular flexibility index (Phi) is 2.72. The fourth-order valence-corrected chi connectivity index (χ4v) is 2.28. The van der Waals surface area contributed by atoms with Gasteiger partial charge < -0.3 is 9.80 Å². The molecule has 1 aromatic carbocycles. The second-order valence-corrected chi connectivity index (χ2v) is 4.51. The van der Waals surface area contributed by atoms with E-state index in [2.05, 4.69) is 0 Å². The Morgan fingerprint density at radius 3 is 2.47 bits per heavy atom. The van der Waals surface area contributed by atoms with E-state index in [-0.39, 0.29) is 11.7 Å². The van der Waals surface area contributed by atoms with Crippen molar-refractivity contribution in [1.82, 2.24) is 0 Å². The predicted octanol–water partition coefficient (Wildman–Crippen LogP) is 2.98. The van der Waals surface area contributed by atoms with Crippen LogP contribution < -0.4 is 9.80 Å². The second kappa shape index (κ2) is 3.82. The zero-order valence-corrected chi connectivity index (χ0v) is 10.0. The third-order valence-corrected chi connectivity index (χ3v) is 3.28. The van der Waals surface area contributed by atoms with E-state index in [0.29, 0.717) is 5.69 Å². The summed E-state index contributed by atoms with van der Waals surface area (Å²) < 4.78 is 38.9. The van der Waals surface area contributed by atoms with Crippen LogP contribution in [0.4, 0.5) is 24.5 Å². The molecule has 94 valence electrons. The maximum atomic E-state index is 13.0. The molecule has 0 N–H and O–H groups in total. The van der Waals surface area contributed by atoms with Gasteiger partial charge in [-0.3, -0.25) is 0 Å². The van der Waals surface area contributed by atoms with Crippen molar-refractivity contribution in [2.45, 2.75) is 19.1 Å². The number of para-hydroxylation sites is 1. The fourth-order valence-electron chi connectivity index (χ4n) is 2.28. The Hall–Kier alpha value is -1.39. The number of benzene rings is 1. The lowest BCUT2D eigenvalue weighted by Gasteiger charge is -2.41. The zero-order valence-electron chi connectivity index (χ0n) is 10.0. The first-order chi connectivity index (χ1) is 7.82. The quantitative estimate of drug-likeness (QED) is 0.692. The van der Waals surface area contributed by atoms with E-state index >= 15 is 0 Å². The highest BCUT2D eigenvalue weighted by Gasteiger charge is 2.38. The number of likely N-dealkylation sites (N-methyl/N-ethyl adjacent to an activating group) is 2. The van der Waals surface area contributed by atoms with Gasteiger partial charge in [-0.15, -0.1) is 0 Å². The van der Waals surface area contributed by atoms with Gasteiger partial charge in [-0.05, 0) is 19.1 Å². The number of nitrogens with zero attached hydrogens (tertiary/aromatic N) is 2. The Labute approximate surface area is 98.6 Å². The highest BCUT2D eigenvalue weighted by Crippen LogP contribution is 2.43. The molecule has 1 atom stereocenters. The maximum Gasteiger partial charge on any atom is 0.418 e. The molecule has 0 fully saturated rings. The molecule has 2 rings (SSSR count). The molecule has 0 radical (unpaired) electrons. The van der Waals surface area contributed by atoms with Gasteiger partial charge in [0.05, 0.1) is 16.9 Å². The number of rotatable bonds is 0. The first kappa shape index (κ1) is 12.1. The van der Waals surface area contributed by atoms with Gasteiger partial charge in [0.1, 0.15) is 0 Å². The van der Waals surface area contributed by atoms with Crippen molar-refractivity contribution in [2.24, 2.45) is 0 Å². The first-order valence-electron chi connectivity index (χ1n) is 5.46. The van der Waals surface area contributed by atoms with Gasteiger partial charge in [0.15, 0.2) is 0 Å². The average molecular weight is 244 g/mol. The van der Waals surface area contributed by atoms with E-state index in [1.165, 1.54) is 6.07 Å². The molecule has 0 aromatic heterocycles. The van der Waals surface area contributed by atoms with Crippen molar-refractivity contribution >= 4 is 11.4 Å². The molecule has 0 saturated heterocycles. The summed E-state index contributed by atoms with van der Waals surface area (Å²) in [6, 6.07) is 4.40. The minimum absolute atomic E-state index is 0.0657. The van der Waals surface area contributed by atoms with Crippen LogP contribution in [-0.2, 0) is 6.18 Å². The van der Waals surface area contributed by atoms with Crippen LogP contribution in [0.2, 0.25) is 0 Å². The average Bonchev–Trinajstić information content (AvgIpc) is 2.24. The molecule has 1 aliphatic heterocycles. The van der Waals surface area contributed by atoms with E-state index in [1.807, 2.05) is 18.9 Å². The van der Waals surface area contributed by atoms with Gasteiger partial charge in [0.25, 0.3) is 0 Å². The van der Waals surface area contributed by atoms with Crippen molar-refractivity contribution in [3.05, 3.63) is 23.8 Å². The maximum absolute atomic E-state index is 13.0. The van der Waals surface area contributed by atoms with E-state index < -0.39 is 11.7 Å². The molecule has 1 unspecified atom stereocenters. The van der Waals surface area contributed by atoms with Gasteiger partial charge in [0, 0.05) is 26.7 Å². The van der Waals surface area contributed by atoms with Crippen molar-refractivity contribution in [3.8, 4) is 0 Å². The fraction of sp³-hybridized carbons (Fsp3) is 0.500. The molecule has 1 aromatic rings. The van der Waals surface area contributed by atoms with Crippen molar-refractivity contribution < 1.29 is 13.2 Å². The molecule has 0 aliphatic carbocycles. The summed E-state index contributed by atoms with van der Waals surface area (Å²) in [6.07, 6.45) is -4.31. The lowest BCUT2D eigenvalue weighted by Crippen LogP contribution is -2.45. The van der Waals surface area contributed by atoms with Gasteiger partial charge >= 0.3 is 6.18 Å². The number of fused-ring (bicyclic) bond motifs is 1. The third kappa shape index (κ3) is 1.94. The first-order valence-corrected chi connectivity index (χ1v) is 5.46. The molecular formula is C12H15F3N2. The van der Waals surface area contributed by atoms with Crippen LogP contribution in [0.5, 0.6) is 0 Å². The topological polar surface area (TPSA) is 6.48 Å². The highest BCUT2D eigenvalue weighted by molar-refractivity contribution is 5.77. The van der Waals surface area contributed by atoms with Crippen molar-refractivity contribution in [2.75, 3.05) is 30.4 Å². The largest absolute Gasteiger partial charge is 0.418 e. The lowest BCUT2D eigenvalue weighted by atomic mass is 10.0. The van der Waals surface area contributed by atoms with Crippen LogP contribution in [0.3, 0.4) is 0 Å². The molecule has 5 heteroatoms.